The van der Waals surface area contributed by atoms with Crippen molar-refractivity contribution in [1.29, 1.82) is 0 Å². The zero-order valence-electron chi connectivity index (χ0n) is 23.1. The van der Waals surface area contributed by atoms with Crippen molar-refractivity contribution in [3.05, 3.63) is 24.3 Å². The third kappa shape index (κ3) is 9.34. The lowest BCUT2D eigenvalue weighted by Crippen LogP contribution is -2.51. The summed E-state index contributed by atoms with van der Waals surface area (Å²) in [6, 6.07) is 0. The first-order valence-corrected chi connectivity index (χ1v) is 11.8. The van der Waals surface area contributed by atoms with E-state index in [4.69, 9.17) is 18.9 Å². The third-order valence-corrected chi connectivity index (χ3v) is 6.77. The van der Waals surface area contributed by atoms with Crippen LogP contribution in [0.1, 0.15) is 83.1 Å². The molecular formula is C27H48O6. The van der Waals surface area contributed by atoms with E-state index in [0.717, 1.165) is 0 Å². The molecule has 0 aromatic heterocycles. The monoisotopic (exact) mass is 468 g/mol. The highest BCUT2D eigenvalue weighted by atomic mass is 16.6. The van der Waals surface area contributed by atoms with Crippen LogP contribution in [0, 0.1) is 11.3 Å². The average molecular weight is 469 g/mol. The van der Waals surface area contributed by atoms with Crippen molar-refractivity contribution >= 4 is 11.8 Å². The van der Waals surface area contributed by atoms with Crippen LogP contribution in [-0.4, -0.2) is 54.5 Å². The molecule has 4 atom stereocenters. The Morgan fingerprint density at radius 2 is 1.33 bits per heavy atom. The lowest BCUT2D eigenvalue weighted by Gasteiger charge is -2.46. The minimum Gasteiger partial charge on any atom is -0.457 e. The van der Waals surface area contributed by atoms with Crippen LogP contribution in [0.5, 0.6) is 0 Å². The van der Waals surface area contributed by atoms with Crippen molar-refractivity contribution in [3.63, 3.8) is 0 Å². The SMILES string of the molecule is C=C(C)C(=O)OC(C)COC(C)(C)C(C)(C)C(C)OC(C)C(C)COC(C)(C)C(=O)C(=C)C. The summed E-state index contributed by atoms with van der Waals surface area (Å²) in [7, 11) is 0. The summed E-state index contributed by atoms with van der Waals surface area (Å²) in [5.41, 5.74) is -0.966. The van der Waals surface area contributed by atoms with Crippen LogP contribution >= 0.6 is 0 Å². The molecule has 192 valence electrons. The Hall–Kier alpha value is -1.50. The number of ether oxygens (including phenoxy) is 4. The second-order valence-electron chi connectivity index (χ2n) is 10.9. The molecule has 4 unspecified atom stereocenters. The van der Waals surface area contributed by atoms with Gasteiger partial charge in [-0.15, -0.1) is 0 Å². The number of rotatable bonds is 15. The summed E-state index contributed by atoms with van der Waals surface area (Å²) in [5.74, 6) is -0.441. The van der Waals surface area contributed by atoms with Gasteiger partial charge in [0.15, 0.2) is 5.78 Å². The number of carbonyl (C=O) groups excluding carboxylic acids is 2. The average Bonchev–Trinajstić information content (AvgIpc) is 2.69. The van der Waals surface area contributed by atoms with Gasteiger partial charge in [0.25, 0.3) is 0 Å². The van der Waals surface area contributed by atoms with Crippen LogP contribution in [0.15, 0.2) is 24.3 Å². The molecule has 0 aliphatic heterocycles. The van der Waals surface area contributed by atoms with Gasteiger partial charge >= 0.3 is 5.97 Å². The zero-order valence-corrected chi connectivity index (χ0v) is 23.1. The Morgan fingerprint density at radius 3 is 1.79 bits per heavy atom. The second-order valence-corrected chi connectivity index (χ2v) is 10.9. The molecule has 0 saturated carbocycles. The summed E-state index contributed by atoms with van der Waals surface area (Å²) in [4.78, 5) is 24.0. The van der Waals surface area contributed by atoms with Crippen molar-refractivity contribution in [2.75, 3.05) is 13.2 Å². The van der Waals surface area contributed by atoms with Gasteiger partial charge in [0, 0.05) is 16.9 Å². The largest absolute Gasteiger partial charge is 0.457 e. The predicted octanol–water partition coefficient (Wildman–Crippen LogP) is 5.69. The highest BCUT2D eigenvalue weighted by molar-refractivity contribution is 6.00. The highest BCUT2D eigenvalue weighted by Gasteiger charge is 2.44. The van der Waals surface area contributed by atoms with Crippen molar-refractivity contribution in [2.24, 2.45) is 11.3 Å². The first-order chi connectivity index (χ1) is 14.8. The molecule has 0 saturated heterocycles. The van der Waals surface area contributed by atoms with Crippen LogP contribution < -0.4 is 0 Å². The fourth-order valence-corrected chi connectivity index (χ4v) is 3.00. The second kappa shape index (κ2) is 12.3. The number of ketones is 1. The van der Waals surface area contributed by atoms with E-state index in [0.29, 0.717) is 17.8 Å². The number of Topliss-reactive ketones (excluding diaryl/α,β-unsaturated/α-hetero) is 1. The van der Waals surface area contributed by atoms with Crippen LogP contribution in [0.4, 0.5) is 0 Å². The summed E-state index contributed by atoms with van der Waals surface area (Å²) in [6.07, 6.45) is -0.619. The molecule has 0 fully saturated rings. The Kier molecular flexibility index (Phi) is 11.7. The van der Waals surface area contributed by atoms with Crippen LogP contribution in [-0.2, 0) is 28.5 Å². The lowest BCUT2D eigenvalue weighted by molar-refractivity contribution is -0.187. The molecule has 0 rings (SSSR count). The number of hydrogen-bond acceptors (Lipinski definition) is 6. The zero-order chi connectivity index (χ0) is 26.4. The smallest absolute Gasteiger partial charge is 0.333 e. The van der Waals surface area contributed by atoms with Gasteiger partial charge in [-0.3, -0.25) is 4.79 Å². The normalized spacial score (nSPS) is 16.5. The van der Waals surface area contributed by atoms with Crippen LogP contribution in [0.25, 0.3) is 0 Å². The molecule has 0 heterocycles. The summed E-state index contributed by atoms with van der Waals surface area (Å²) in [5, 5.41) is 0. The summed E-state index contributed by atoms with van der Waals surface area (Å²) >= 11 is 0. The highest BCUT2D eigenvalue weighted by Crippen LogP contribution is 2.39. The van der Waals surface area contributed by atoms with Crippen molar-refractivity contribution in [2.45, 2.75) is 113 Å². The van der Waals surface area contributed by atoms with E-state index < -0.39 is 17.2 Å². The molecule has 0 aliphatic carbocycles. The first-order valence-electron chi connectivity index (χ1n) is 11.8. The van der Waals surface area contributed by atoms with Gasteiger partial charge in [0.2, 0.25) is 0 Å². The van der Waals surface area contributed by atoms with E-state index >= 15 is 0 Å². The Morgan fingerprint density at radius 1 is 0.818 bits per heavy atom. The van der Waals surface area contributed by atoms with E-state index in [1.165, 1.54) is 0 Å². The molecule has 0 spiro atoms. The Balaban J connectivity index is 4.96. The molecule has 0 amide bonds. The molecule has 0 aliphatic rings. The quantitative estimate of drug-likeness (QED) is 0.227. The molecule has 0 N–H and O–H groups in total. The van der Waals surface area contributed by atoms with E-state index in [2.05, 4.69) is 27.0 Å². The van der Waals surface area contributed by atoms with Gasteiger partial charge in [0.05, 0.1) is 31.0 Å². The molecule has 0 aromatic rings. The fourth-order valence-electron chi connectivity index (χ4n) is 3.00. The lowest BCUT2D eigenvalue weighted by atomic mass is 9.73. The van der Waals surface area contributed by atoms with Crippen LogP contribution in [0.2, 0.25) is 0 Å². The number of carbonyl (C=O) groups is 2. The van der Waals surface area contributed by atoms with Gasteiger partial charge < -0.3 is 18.9 Å². The molecule has 33 heavy (non-hydrogen) atoms. The first kappa shape index (κ1) is 31.5. The third-order valence-electron chi connectivity index (χ3n) is 6.77. The maximum Gasteiger partial charge on any atom is 0.333 e. The van der Waals surface area contributed by atoms with E-state index in [-0.39, 0.29) is 42.0 Å². The van der Waals surface area contributed by atoms with Crippen molar-refractivity contribution in [1.82, 2.24) is 0 Å². The molecular weight excluding hydrogens is 420 g/mol. The van der Waals surface area contributed by atoms with Gasteiger partial charge in [-0.05, 0) is 67.9 Å². The number of hydrogen-bond donors (Lipinski definition) is 0. The van der Waals surface area contributed by atoms with E-state index in [1.807, 2.05) is 34.6 Å². The predicted molar refractivity (Wildman–Crippen MR) is 133 cm³/mol. The fraction of sp³-hybridized carbons (Fsp3) is 0.778. The standard InChI is InChI=1S/C27H48O6/c1-17(2)23(28)26(11,12)30-15-19(5)21(7)33-22(8)25(9,10)27(13,14)31-16-20(6)32-24(29)18(3)4/h19-22H,1,3,15-16H2,2,4-14H3. The maximum atomic E-state index is 12.3. The molecule has 6 nitrogen and oxygen atoms in total. The Bertz CT molecular complexity index is 703. The topological polar surface area (TPSA) is 71.1 Å². The van der Waals surface area contributed by atoms with Crippen molar-refractivity contribution in [3.8, 4) is 0 Å². The van der Waals surface area contributed by atoms with Gasteiger partial charge in [0.1, 0.15) is 11.7 Å². The minimum atomic E-state index is -0.912. The van der Waals surface area contributed by atoms with Crippen LogP contribution in [0.3, 0.4) is 0 Å². The van der Waals surface area contributed by atoms with Gasteiger partial charge in [-0.2, -0.15) is 0 Å². The van der Waals surface area contributed by atoms with E-state index in [9.17, 15) is 9.59 Å². The Labute approximate surface area is 202 Å². The van der Waals surface area contributed by atoms with Gasteiger partial charge in [-0.1, -0.05) is 33.9 Å². The summed E-state index contributed by atoms with van der Waals surface area (Å²) in [6.45, 7) is 31.0. The number of esters is 1. The summed E-state index contributed by atoms with van der Waals surface area (Å²) < 4.78 is 23.8. The molecule has 0 bridgehead atoms. The maximum absolute atomic E-state index is 12.3. The molecule has 0 aromatic carbocycles. The minimum absolute atomic E-state index is 0.0751. The molecule has 0 radical (unpaired) electrons. The van der Waals surface area contributed by atoms with Gasteiger partial charge in [-0.25, -0.2) is 4.79 Å². The van der Waals surface area contributed by atoms with Crippen molar-refractivity contribution < 1.29 is 28.5 Å². The molecule has 6 heteroatoms. The van der Waals surface area contributed by atoms with E-state index in [1.54, 1.807) is 34.6 Å².